The molecule has 0 spiro atoms. The first-order chi connectivity index (χ1) is 8.05. The minimum Gasteiger partial charge on any atom is -0.343 e. The summed E-state index contributed by atoms with van der Waals surface area (Å²) in [5.41, 5.74) is -5.44. The molecule has 1 unspecified atom stereocenters. The standard InChI is InChI=1S/C10H15F3N2O2S/c1-6-7(16)15(4-5-18-10(11,12)13)9(2,3)8(17)14-6/h6H,4-5H2,1-3H3,(H,14,17). The Kier molecular flexibility index (Phi) is 4.19. The highest BCUT2D eigenvalue weighted by atomic mass is 32.2. The highest BCUT2D eigenvalue weighted by molar-refractivity contribution is 8.00. The molecule has 0 aromatic heterocycles. The predicted molar refractivity (Wildman–Crippen MR) is 61.9 cm³/mol. The number of nitrogens with one attached hydrogen (secondary N) is 1. The number of piperazine rings is 1. The molecule has 1 N–H and O–H groups in total. The Morgan fingerprint density at radius 1 is 1.39 bits per heavy atom. The fourth-order valence-electron chi connectivity index (χ4n) is 1.71. The summed E-state index contributed by atoms with van der Waals surface area (Å²) in [6, 6.07) is -0.693. The van der Waals surface area contributed by atoms with E-state index in [-0.39, 0.29) is 35.9 Å². The smallest absolute Gasteiger partial charge is 0.343 e. The van der Waals surface area contributed by atoms with Crippen LogP contribution in [-0.2, 0) is 9.59 Å². The first-order valence-corrected chi connectivity index (χ1v) is 6.37. The van der Waals surface area contributed by atoms with E-state index in [0.29, 0.717) is 0 Å². The Morgan fingerprint density at radius 3 is 2.44 bits per heavy atom. The highest BCUT2D eigenvalue weighted by Gasteiger charge is 2.44. The largest absolute Gasteiger partial charge is 0.441 e. The van der Waals surface area contributed by atoms with E-state index in [4.69, 9.17) is 0 Å². The van der Waals surface area contributed by atoms with Crippen molar-refractivity contribution in [3.63, 3.8) is 0 Å². The van der Waals surface area contributed by atoms with Gasteiger partial charge in [-0.15, -0.1) is 0 Å². The van der Waals surface area contributed by atoms with Gasteiger partial charge < -0.3 is 10.2 Å². The van der Waals surface area contributed by atoms with Crippen molar-refractivity contribution >= 4 is 23.6 Å². The number of hydrogen-bond donors (Lipinski definition) is 1. The topological polar surface area (TPSA) is 49.4 Å². The molecular weight excluding hydrogens is 269 g/mol. The van der Waals surface area contributed by atoms with E-state index in [1.54, 1.807) is 0 Å². The maximum Gasteiger partial charge on any atom is 0.441 e. The van der Waals surface area contributed by atoms with Crippen molar-refractivity contribution in [1.29, 1.82) is 0 Å². The van der Waals surface area contributed by atoms with Crippen LogP contribution in [0.3, 0.4) is 0 Å². The third-order valence-corrected chi connectivity index (χ3v) is 3.51. The van der Waals surface area contributed by atoms with Gasteiger partial charge in [0.2, 0.25) is 11.8 Å². The van der Waals surface area contributed by atoms with Gasteiger partial charge in [-0.25, -0.2) is 0 Å². The fourth-order valence-corrected chi connectivity index (χ4v) is 2.21. The van der Waals surface area contributed by atoms with Crippen LogP contribution in [0.15, 0.2) is 0 Å². The Balaban J connectivity index is 2.70. The van der Waals surface area contributed by atoms with Gasteiger partial charge >= 0.3 is 5.51 Å². The summed E-state index contributed by atoms with van der Waals surface area (Å²) in [5.74, 6) is -0.993. The molecule has 0 radical (unpaired) electrons. The molecule has 4 nitrogen and oxygen atoms in total. The Bertz CT molecular complexity index is 358. The number of hydrogen-bond acceptors (Lipinski definition) is 3. The normalized spacial score (nSPS) is 24.1. The lowest BCUT2D eigenvalue weighted by atomic mass is 9.96. The van der Waals surface area contributed by atoms with Crippen LogP contribution in [0.2, 0.25) is 0 Å². The van der Waals surface area contributed by atoms with Crippen molar-refractivity contribution < 1.29 is 22.8 Å². The van der Waals surface area contributed by atoms with Crippen LogP contribution in [0.4, 0.5) is 13.2 Å². The molecule has 18 heavy (non-hydrogen) atoms. The van der Waals surface area contributed by atoms with Gasteiger partial charge in [-0.1, -0.05) is 0 Å². The number of nitrogens with zero attached hydrogens (tertiary/aromatic N) is 1. The lowest BCUT2D eigenvalue weighted by molar-refractivity contribution is -0.154. The third-order valence-electron chi connectivity index (χ3n) is 2.80. The molecule has 0 aromatic carbocycles. The van der Waals surface area contributed by atoms with Crippen LogP contribution in [0.25, 0.3) is 0 Å². The predicted octanol–water partition coefficient (Wildman–Crippen LogP) is 1.36. The summed E-state index contributed by atoms with van der Waals surface area (Å²) in [6.45, 7) is 4.45. The van der Waals surface area contributed by atoms with Crippen LogP contribution in [0.1, 0.15) is 20.8 Å². The molecule has 1 saturated heterocycles. The van der Waals surface area contributed by atoms with E-state index in [9.17, 15) is 22.8 Å². The van der Waals surface area contributed by atoms with Gasteiger partial charge in [0.05, 0.1) is 0 Å². The first kappa shape index (κ1) is 15.1. The second-order valence-corrected chi connectivity index (χ2v) is 5.70. The van der Waals surface area contributed by atoms with Gasteiger partial charge in [-0.3, -0.25) is 9.59 Å². The first-order valence-electron chi connectivity index (χ1n) is 5.39. The van der Waals surface area contributed by atoms with Gasteiger partial charge in [0.15, 0.2) is 0 Å². The van der Waals surface area contributed by atoms with Crippen molar-refractivity contribution in [2.75, 3.05) is 12.3 Å². The van der Waals surface area contributed by atoms with Crippen LogP contribution in [0.5, 0.6) is 0 Å². The van der Waals surface area contributed by atoms with E-state index in [2.05, 4.69) is 5.32 Å². The number of amides is 2. The quantitative estimate of drug-likeness (QED) is 0.851. The summed E-state index contributed by atoms with van der Waals surface area (Å²) in [4.78, 5) is 24.8. The van der Waals surface area contributed by atoms with Gasteiger partial charge in [0.25, 0.3) is 0 Å². The number of alkyl halides is 3. The average Bonchev–Trinajstić information content (AvgIpc) is 2.19. The summed E-state index contributed by atoms with van der Waals surface area (Å²) >= 11 is -0.193. The summed E-state index contributed by atoms with van der Waals surface area (Å²) < 4.78 is 36.1. The molecule has 0 bridgehead atoms. The molecule has 1 atom stereocenters. The molecular formula is C10H15F3N2O2S. The molecule has 0 aliphatic carbocycles. The van der Waals surface area contributed by atoms with E-state index in [0.717, 1.165) is 0 Å². The molecule has 0 aromatic rings. The highest BCUT2D eigenvalue weighted by Crippen LogP contribution is 2.31. The average molecular weight is 284 g/mol. The zero-order valence-electron chi connectivity index (χ0n) is 10.3. The van der Waals surface area contributed by atoms with Crippen LogP contribution in [-0.4, -0.2) is 46.1 Å². The molecule has 1 aliphatic rings. The van der Waals surface area contributed by atoms with E-state index in [1.165, 1.54) is 25.7 Å². The van der Waals surface area contributed by atoms with Crippen molar-refractivity contribution in [3.05, 3.63) is 0 Å². The fraction of sp³-hybridized carbons (Fsp3) is 0.800. The van der Waals surface area contributed by atoms with Crippen molar-refractivity contribution in [3.8, 4) is 0 Å². The van der Waals surface area contributed by atoms with E-state index in [1.807, 2.05) is 0 Å². The monoisotopic (exact) mass is 284 g/mol. The lowest BCUT2D eigenvalue weighted by Gasteiger charge is -2.43. The molecule has 1 heterocycles. The Labute approximate surface area is 107 Å². The van der Waals surface area contributed by atoms with Crippen molar-refractivity contribution in [1.82, 2.24) is 10.2 Å². The Hall–Kier alpha value is -0.920. The van der Waals surface area contributed by atoms with Gasteiger partial charge in [0, 0.05) is 12.3 Å². The van der Waals surface area contributed by atoms with Crippen molar-refractivity contribution in [2.24, 2.45) is 0 Å². The van der Waals surface area contributed by atoms with Crippen molar-refractivity contribution in [2.45, 2.75) is 37.9 Å². The molecule has 104 valence electrons. The number of rotatable bonds is 3. The van der Waals surface area contributed by atoms with Crippen LogP contribution in [0, 0.1) is 0 Å². The zero-order valence-corrected chi connectivity index (χ0v) is 11.1. The molecule has 1 fully saturated rings. The molecule has 8 heteroatoms. The summed E-state index contributed by atoms with van der Waals surface area (Å²) in [5, 5.41) is 2.50. The maximum absolute atomic E-state index is 12.0. The summed E-state index contributed by atoms with van der Waals surface area (Å²) in [7, 11) is 0. The number of halogens is 3. The van der Waals surface area contributed by atoms with Gasteiger partial charge in [0.1, 0.15) is 11.6 Å². The molecule has 1 rings (SSSR count). The number of thioether (sulfide) groups is 1. The SMILES string of the molecule is CC1NC(=O)C(C)(C)N(CCSC(F)(F)F)C1=O. The number of carbonyl (C=O) groups excluding carboxylic acids is 2. The van der Waals surface area contributed by atoms with Gasteiger partial charge in [-0.2, -0.15) is 13.2 Å². The summed E-state index contributed by atoms with van der Waals surface area (Å²) in [6.07, 6.45) is 0. The van der Waals surface area contributed by atoms with E-state index >= 15 is 0 Å². The van der Waals surface area contributed by atoms with Crippen LogP contribution >= 0.6 is 11.8 Å². The maximum atomic E-state index is 12.0. The number of carbonyl (C=O) groups is 2. The third kappa shape index (κ3) is 3.30. The second kappa shape index (κ2) is 4.99. The minimum absolute atomic E-state index is 0.103. The Morgan fingerprint density at radius 2 is 1.94 bits per heavy atom. The van der Waals surface area contributed by atoms with Crippen LogP contribution < -0.4 is 5.32 Å². The van der Waals surface area contributed by atoms with E-state index < -0.39 is 17.1 Å². The van der Waals surface area contributed by atoms with Gasteiger partial charge in [-0.05, 0) is 32.5 Å². The molecule has 0 saturated carbocycles. The zero-order chi connectivity index (χ0) is 14.1. The molecule has 2 amide bonds. The second-order valence-electron chi connectivity index (χ2n) is 4.54. The lowest BCUT2D eigenvalue weighted by Crippen LogP contribution is -2.67. The minimum atomic E-state index is -4.32. The molecule has 1 aliphatic heterocycles.